The molecule has 30 heavy (non-hydrogen) atoms. The van der Waals surface area contributed by atoms with E-state index in [1.807, 2.05) is 73.0 Å². The second kappa shape index (κ2) is 10.6. The minimum absolute atomic E-state index is 0.0520. The van der Waals surface area contributed by atoms with Crippen LogP contribution in [0.4, 0.5) is 0 Å². The molecule has 0 saturated heterocycles. The van der Waals surface area contributed by atoms with Crippen LogP contribution in [0.25, 0.3) is 0 Å². The molecule has 156 valence electrons. The second-order valence-corrected chi connectivity index (χ2v) is 7.83. The van der Waals surface area contributed by atoms with E-state index in [1.165, 1.54) is 17.3 Å². The molecular weight excluding hydrogens is 396 g/mol. The lowest BCUT2D eigenvalue weighted by atomic mass is 10.1. The first-order valence-electron chi connectivity index (χ1n) is 9.76. The second-order valence-electron chi connectivity index (χ2n) is 6.89. The standard InChI is InChI=1S/C23H26N4O2S/c1-4-14-27-21(15-29-20-12-10-17(2)11-13-20)25-26-23(27)30-16-22(28)24-18(3)19-8-6-5-7-9-19/h4-13,18H,1,14-16H2,2-3H3,(H,24,28). The van der Waals surface area contributed by atoms with E-state index in [2.05, 4.69) is 22.1 Å². The lowest BCUT2D eigenvalue weighted by Gasteiger charge is -2.14. The number of nitrogens with one attached hydrogen (secondary N) is 1. The molecule has 1 atom stereocenters. The SMILES string of the molecule is C=CCn1c(COc2ccc(C)cc2)nnc1SCC(=O)NC(C)c1ccccc1. The predicted molar refractivity (Wildman–Crippen MR) is 119 cm³/mol. The third-order valence-corrected chi connectivity index (χ3v) is 5.47. The highest BCUT2D eigenvalue weighted by atomic mass is 32.2. The average Bonchev–Trinajstić information content (AvgIpc) is 3.14. The predicted octanol–water partition coefficient (Wildman–Crippen LogP) is 4.32. The number of amides is 1. The van der Waals surface area contributed by atoms with Crippen LogP contribution in [0.15, 0.2) is 72.4 Å². The third-order valence-electron chi connectivity index (χ3n) is 4.50. The number of aromatic nitrogens is 3. The van der Waals surface area contributed by atoms with Gasteiger partial charge >= 0.3 is 0 Å². The Morgan fingerprint density at radius 2 is 1.93 bits per heavy atom. The molecular formula is C23H26N4O2S. The summed E-state index contributed by atoms with van der Waals surface area (Å²) in [7, 11) is 0. The number of thioether (sulfide) groups is 1. The molecule has 0 aliphatic rings. The summed E-state index contributed by atoms with van der Waals surface area (Å²) in [5.74, 6) is 1.67. The van der Waals surface area contributed by atoms with E-state index in [1.54, 1.807) is 6.08 Å². The van der Waals surface area contributed by atoms with E-state index in [0.717, 1.165) is 11.3 Å². The number of allylic oxidation sites excluding steroid dienone is 1. The minimum Gasteiger partial charge on any atom is -0.486 e. The fourth-order valence-corrected chi connectivity index (χ4v) is 3.64. The van der Waals surface area contributed by atoms with Gasteiger partial charge in [0.15, 0.2) is 11.0 Å². The molecule has 7 heteroatoms. The minimum atomic E-state index is -0.0537. The molecule has 0 bridgehead atoms. The molecule has 0 aliphatic heterocycles. The number of rotatable bonds is 10. The molecule has 1 unspecified atom stereocenters. The van der Waals surface area contributed by atoms with Gasteiger partial charge in [0.25, 0.3) is 0 Å². The van der Waals surface area contributed by atoms with Crippen molar-refractivity contribution in [1.82, 2.24) is 20.1 Å². The summed E-state index contributed by atoms with van der Waals surface area (Å²) < 4.78 is 7.74. The first-order valence-corrected chi connectivity index (χ1v) is 10.7. The first kappa shape index (κ1) is 21.6. The molecule has 3 rings (SSSR count). The van der Waals surface area contributed by atoms with Crippen LogP contribution in [0, 0.1) is 6.92 Å². The topological polar surface area (TPSA) is 69.0 Å². The Hall–Kier alpha value is -3.06. The van der Waals surface area contributed by atoms with Gasteiger partial charge in [-0.1, -0.05) is 65.9 Å². The van der Waals surface area contributed by atoms with Gasteiger partial charge in [-0.25, -0.2) is 0 Å². The Morgan fingerprint density at radius 3 is 2.63 bits per heavy atom. The van der Waals surface area contributed by atoms with Gasteiger partial charge < -0.3 is 10.1 Å². The van der Waals surface area contributed by atoms with Crippen molar-refractivity contribution in [3.8, 4) is 5.75 Å². The third kappa shape index (κ3) is 5.97. The molecule has 6 nitrogen and oxygen atoms in total. The molecule has 1 heterocycles. The summed E-state index contributed by atoms with van der Waals surface area (Å²) in [4.78, 5) is 12.4. The normalized spacial score (nSPS) is 11.7. The van der Waals surface area contributed by atoms with Crippen LogP contribution in [0.5, 0.6) is 5.75 Å². The van der Waals surface area contributed by atoms with Gasteiger partial charge in [-0.2, -0.15) is 0 Å². The van der Waals surface area contributed by atoms with Crippen molar-refractivity contribution in [2.75, 3.05) is 5.75 Å². The summed E-state index contributed by atoms with van der Waals surface area (Å²) in [6.45, 7) is 8.65. The summed E-state index contributed by atoms with van der Waals surface area (Å²) >= 11 is 1.35. The van der Waals surface area contributed by atoms with E-state index < -0.39 is 0 Å². The number of carbonyl (C=O) groups is 1. The van der Waals surface area contributed by atoms with Gasteiger partial charge in [0.2, 0.25) is 5.91 Å². The molecule has 0 radical (unpaired) electrons. The Morgan fingerprint density at radius 1 is 1.20 bits per heavy atom. The highest BCUT2D eigenvalue weighted by Gasteiger charge is 2.15. The molecule has 1 N–H and O–H groups in total. The molecule has 0 aliphatic carbocycles. The number of aryl methyl sites for hydroxylation is 1. The van der Waals surface area contributed by atoms with Crippen molar-refractivity contribution in [2.45, 2.75) is 38.2 Å². The Labute approximate surface area is 181 Å². The van der Waals surface area contributed by atoms with Gasteiger partial charge in [0.05, 0.1) is 11.8 Å². The number of ether oxygens (including phenoxy) is 1. The van der Waals surface area contributed by atoms with Crippen molar-refractivity contribution in [1.29, 1.82) is 0 Å². The fraction of sp³-hybridized carbons (Fsp3) is 0.261. The fourth-order valence-electron chi connectivity index (χ4n) is 2.87. The van der Waals surface area contributed by atoms with E-state index in [-0.39, 0.29) is 17.7 Å². The zero-order valence-corrected chi connectivity index (χ0v) is 18.1. The summed E-state index contributed by atoms with van der Waals surface area (Å²) in [6.07, 6.45) is 1.78. The monoisotopic (exact) mass is 422 g/mol. The van der Waals surface area contributed by atoms with Crippen molar-refractivity contribution in [3.05, 3.63) is 84.2 Å². The number of benzene rings is 2. The van der Waals surface area contributed by atoms with E-state index >= 15 is 0 Å². The lowest BCUT2D eigenvalue weighted by Crippen LogP contribution is -2.28. The van der Waals surface area contributed by atoms with Crippen molar-refractivity contribution in [2.24, 2.45) is 0 Å². The smallest absolute Gasteiger partial charge is 0.230 e. The number of hydrogen-bond donors (Lipinski definition) is 1. The van der Waals surface area contributed by atoms with E-state index in [9.17, 15) is 4.79 Å². The van der Waals surface area contributed by atoms with Gasteiger partial charge in [0, 0.05) is 6.54 Å². The highest BCUT2D eigenvalue weighted by Crippen LogP contribution is 2.20. The molecule has 0 spiro atoms. The van der Waals surface area contributed by atoms with Crippen molar-refractivity contribution < 1.29 is 9.53 Å². The van der Waals surface area contributed by atoms with Gasteiger partial charge in [-0.3, -0.25) is 9.36 Å². The largest absolute Gasteiger partial charge is 0.486 e. The van der Waals surface area contributed by atoms with Crippen LogP contribution in [0.1, 0.15) is 29.9 Å². The van der Waals surface area contributed by atoms with Crippen molar-refractivity contribution in [3.63, 3.8) is 0 Å². The maximum Gasteiger partial charge on any atom is 0.230 e. The van der Waals surface area contributed by atoms with Crippen LogP contribution in [0.2, 0.25) is 0 Å². The maximum atomic E-state index is 12.4. The van der Waals surface area contributed by atoms with Gasteiger partial charge in [-0.05, 0) is 31.5 Å². The summed E-state index contributed by atoms with van der Waals surface area (Å²) in [5.41, 5.74) is 2.25. The van der Waals surface area contributed by atoms with Crippen LogP contribution in [0.3, 0.4) is 0 Å². The van der Waals surface area contributed by atoms with Crippen LogP contribution >= 0.6 is 11.8 Å². The van der Waals surface area contributed by atoms with Crippen LogP contribution in [-0.2, 0) is 17.9 Å². The summed E-state index contributed by atoms with van der Waals surface area (Å²) in [5, 5.41) is 12.2. The molecule has 1 amide bonds. The molecule has 1 aromatic heterocycles. The summed E-state index contributed by atoms with van der Waals surface area (Å²) in [6, 6.07) is 17.7. The molecule has 0 fully saturated rings. The number of nitrogens with zero attached hydrogens (tertiary/aromatic N) is 3. The molecule has 0 saturated carbocycles. The zero-order chi connectivity index (χ0) is 21.3. The Balaban J connectivity index is 1.58. The van der Waals surface area contributed by atoms with Gasteiger partial charge in [-0.15, -0.1) is 16.8 Å². The van der Waals surface area contributed by atoms with Crippen LogP contribution in [-0.4, -0.2) is 26.4 Å². The van der Waals surface area contributed by atoms with E-state index in [0.29, 0.717) is 24.1 Å². The number of carbonyl (C=O) groups excluding carboxylic acids is 1. The number of hydrogen-bond acceptors (Lipinski definition) is 5. The first-order chi connectivity index (χ1) is 14.6. The van der Waals surface area contributed by atoms with Crippen molar-refractivity contribution >= 4 is 17.7 Å². The lowest BCUT2D eigenvalue weighted by molar-refractivity contribution is -0.119. The van der Waals surface area contributed by atoms with Gasteiger partial charge in [0.1, 0.15) is 12.4 Å². The average molecular weight is 423 g/mol. The Bertz CT molecular complexity index is 971. The van der Waals surface area contributed by atoms with Crippen LogP contribution < -0.4 is 10.1 Å². The Kier molecular flexibility index (Phi) is 7.68. The van der Waals surface area contributed by atoms with E-state index in [4.69, 9.17) is 4.74 Å². The quantitative estimate of drug-likeness (QED) is 0.389. The molecule has 2 aromatic carbocycles. The zero-order valence-electron chi connectivity index (χ0n) is 17.2. The highest BCUT2D eigenvalue weighted by molar-refractivity contribution is 7.99. The molecule has 3 aromatic rings. The maximum absolute atomic E-state index is 12.4.